The zero-order valence-electron chi connectivity index (χ0n) is 11.9. The average Bonchev–Trinajstić information content (AvgIpc) is 2.38. The SMILES string of the molecule is Cc1ccc(OCC2CN(C(C)C)CCO2)c(N)n1. The van der Waals surface area contributed by atoms with Gasteiger partial charge in [-0.2, -0.15) is 0 Å². The van der Waals surface area contributed by atoms with Crippen LogP contribution in [0.5, 0.6) is 5.75 Å². The molecule has 5 nitrogen and oxygen atoms in total. The van der Waals surface area contributed by atoms with E-state index >= 15 is 0 Å². The van der Waals surface area contributed by atoms with E-state index in [1.165, 1.54) is 0 Å². The van der Waals surface area contributed by atoms with Crippen LogP contribution in [-0.2, 0) is 4.74 Å². The molecule has 0 amide bonds. The first-order valence-corrected chi connectivity index (χ1v) is 6.78. The topological polar surface area (TPSA) is 60.6 Å². The number of hydrogen-bond acceptors (Lipinski definition) is 5. The minimum absolute atomic E-state index is 0.0943. The van der Waals surface area contributed by atoms with Gasteiger partial charge in [-0.3, -0.25) is 4.90 Å². The van der Waals surface area contributed by atoms with Crippen molar-refractivity contribution in [2.75, 3.05) is 32.0 Å². The molecule has 1 unspecified atom stereocenters. The van der Waals surface area contributed by atoms with E-state index in [0.717, 1.165) is 25.4 Å². The zero-order valence-corrected chi connectivity index (χ0v) is 11.9. The Morgan fingerprint density at radius 2 is 2.32 bits per heavy atom. The van der Waals surface area contributed by atoms with Gasteiger partial charge in [0.25, 0.3) is 0 Å². The maximum Gasteiger partial charge on any atom is 0.166 e. The van der Waals surface area contributed by atoms with Crippen LogP contribution in [-0.4, -0.2) is 48.3 Å². The van der Waals surface area contributed by atoms with Crippen LogP contribution < -0.4 is 10.5 Å². The monoisotopic (exact) mass is 265 g/mol. The molecule has 0 saturated carbocycles. The highest BCUT2D eigenvalue weighted by atomic mass is 16.5. The average molecular weight is 265 g/mol. The molecule has 0 radical (unpaired) electrons. The Hall–Kier alpha value is -1.33. The predicted octanol–water partition coefficient (Wildman–Crippen LogP) is 1.46. The first-order valence-electron chi connectivity index (χ1n) is 6.78. The van der Waals surface area contributed by atoms with Gasteiger partial charge in [-0.05, 0) is 32.9 Å². The fraction of sp³-hybridized carbons (Fsp3) is 0.643. The van der Waals surface area contributed by atoms with Crippen LogP contribution in [0.4, 0.5) is 5.82 Å². The van der Waals surface area contributed by atoms with E-state index < -0.39 is 0 Å². The third kappa shape index (κ3) is 3.81. The quantitative estimate of drug-likeness (QED) is 0.893. The second-order valence-electron chi connectivity index (χ2n) is 5.23. The summed E-state index contributed by atoms with van der Waals surface area (Å²) < 4.78 is 11.4. The second kappa shape index (κ2) is 6.21. The van der Waals surface area contributed by atoms with Crippen LogP contribution in [0.3, 0.4) is 0 Å². The normalized spacial score (nSPS) is 20.7. The summed E-state index contributed by atoms with van der Waals surface area (Å²) in [5.41, 5.74) is 6.72. The van der Waals surface area contributed by atoms with E-state index in [-0.39, 0.29) is 6.10 Å². The molecule has 2 rings (SSSR count). The number of nitrogens with two attached hydrogens (primary N) is 1. The number of ether oxygens (including phenoxy) is 2. The number of hydrogen-bond donors (Lipinski definition) is 1. The number of morpholine rings is 1. The molecular weight excluding hydrogens is 242 g/mol. The van der Waals surface area contributed by atoms with Gasteiger partial charge >= 0.3 is 0 Å². The number of aromatic nitrogens is 1. The molecule has 1 saturated heterocycles. The summed E-state index contributed by atoms with van der Waals surface area (Å²) >= 11 is 0. The van der Waals surface area contributed by atoms with Crippen molar-refractivity contribution in [3.63, 3.8) is 0 Å². The lowest BCUT2D eigenvalue weighted by Gasteiger charge is -2.35. The van der Waals surface area contributed by atoms with Gasteiger partial charge in [0.15, 0.2) is 11.6 Å². The van der Waals surface area contributed by atoms with Crippen molar-refractivity contribution < 1.29 is 9.47 Å². The van der Waals surface area contributed by atoms with Gasteiger partial charge in [-0.1, -0.05) is 0 Å². The molecule has 1 aliphatic rings. The first kappa shape index (κ1) is 14.1. The Labute approximate surface area is 114 Å². The third-order valence-electron chi connectivity index (χ3n) is 3.35. The van der Waals surface area contributed by atoms with Crippen LogP contribution in [0, 0.1) is 6.92 Å². The molecule has 19 heavy (non-hydrogen) atoms. The van der Waals surface area contributed by atoms with Crippen LogP contribution in [0.1, 0.15) is 19.5 Å². The lowest BCUT2D eigenvalue weighted by atomic mass is 10.2. The molecule has 1 aliphatic heterocycles. The van der Waals surface area contributed by atoms with Gasteiger partial charge in [-0.25, -0.2) is 4.98 Å². The number of rotatable bonds is 4. The Morgan fingerprint density at radius 3 is 3.00 bits per heavy atom. The van der Waals surface area contributed by atoms with Gasteiger partial charge in [0.2, 0.25) is 0 Å². The van der Waals surface area contributed by atoms with Crippen molar-refractivity contribution in [3.05, 3.63) is 17.8 Å². The highest BCUT2D eigenvalue weighted by molar-refractivity contribution is 5.46. The van der Waals surface area contributed by atoms with Crippen molar-refractivity contribution in [3.8, 4) is 5.75 Å². The standard InChI is InChI=1S/C14H23N3O2/c1-10(2)17-6-7-18-12(8-17)9-19-13-5-4-11(3)16-14(13)15/h4-5,10,12H,6-9H2,1-3H3,(H2,15,16). The van der Waals surface area contributed by atoms with Gasteiger partial charge in [0.1, 0.15) is 12.7 Å². The van der Waals surface area contributed by atoms with Crippen LogP contribution in [0.15, 0.2) is 12.1 Å². The number of anilines is 1. The van der Waals surface area contributed by atoms with Gasteiger partial charge in [-0.15, -0.1) is 0 Å². The fourth-order valence-corrected chi connectivity index (χ4v) is 2.18. The van der Waals surface area contributed by atoms with Crippen LogP contribution in [0.25, 0.3) is 0 Å². The van der Waals surface area contributed by atoms with E-state index in [1.807, 2.05) is 19.1 Å². The van der Waals surface area contributed by atoms with E-state index in [0.29, 0.717) is 24.2 Å². The maximum absolute atomic E-state index is 5.83. The van der Waals surface area contributed by atoms with Gasteiger partial charge in [0, 0.05) is 24.8 Å². The molecule has 0 spiro atoms. The molecule has 5 heteroatoms. The summed E-state index contributed by atoms with van der Waals surface area (Å²) in [6, 6.07) is 4.30. The van der Waals surface area contributed by atoms with Crippen molar-refractivity contribution in [1.29, 1.82) is 0 Å². The van der Waals surface area contributed by atoms with Crippen LogP contribution in [0.2, 0.25) is 0 Å². The molecule has 1 atom stereocenters. The Bertz CT molecular complexity index is 423. The molecule has 106 valence electrons. The van der Waals surface area contributed by atoms with Crippen molar-refractivity contribution in [2.24, 2.45) is 0 Å². The molecule has 2 N–H and O–H groups in total. The smallest absolute Gasteiger partial charge is 0.166 e. The zero-order chi connectivity index (χ0) is 13.8. The second-order valence-corrected chi connectivity index (χ2v) is 5.23. The van der Waals surface area contributed by atoms with E-state index in [4.69, 9.17) is 15.2 Å². The number of nitrogen functional groups attached to an aromatic ring is 1. The summed E-state index contributed by atoms with van der Waals surface area (Å²) in [6.07, 6.45) is 0.0943. The molecular formula is C14H23N3O2. The molecule has 0 aromatic carbocycles. The number of aryl methyl sites for hydroxylation is 1. The Balaban J connectivity index is 1.88. The van der Waals surface area contributed by atoms with Gasteiger partial charge < -0.3 is 15.2 Å². The first-order chi connectivity index (χ1) is 9.06. The lowest BCUT2D eigenvalue weighted by molar-refractivity contribution is -0.0563. The summed E-state index contributed by atoms with van der Waals surface area (Å²) in [4.78, 5) is 6.58. The van der Waals surface area contributed by atoms with E-state index in [9.17, 15) is 0 Å². The molecule has 0 aliphatic carbocycles. The minimum Gasteiger partial charge on any atom is -0.487 e. The summed E-state index contributed by atoms with van der Waals surface area (Å²) in [6.45, 7) is 9.46. The molecule has 1 aromatic rings. The van der Waals surface area contributed by atoms with Gasteiger partial charge in [0.05, 0.1) is 6.61 Å². The number of nitrogens with zero attached hydrogens (tertiary/aromatic N) is 2. The Morgan fingerprint density at radius 1 is 1.53 bits per heavy atom. The van der Waals surface area contributed by atoms with E-state index in [1.54, 1.807) is 0 Å². The molecule has 2 heterocycles. The molecule has 0 bridgehead atoms. The highest BCUT2D eigenvalue weighted by Crippen LogP contribution is 2.19. The highest BCUT2D eigenvalue weighted by Gasteiger charge is 2.22. The fourth-order valence-electron chi connectivity index (χ4n) is 2.18. The number of pyridine rings is 1. The minimum atomic E-state index is 0.0943. The van der Waals surface area contributed by atoms with Crippen molar-refractivity contribution >= 4 is 5.82 Å². The largest absolute Gasteiger partial charge is 0.487 e. The van der Waals surface area contributed by atoms with E-state index in [2.05, 4.69) is 23.7 Å². The van der Waals surface area contributed by atoms with Crippen LogP contribution >= 0.6 is 0 Å². The molecule has 1 aromatic heterocycles. The maximum atomic E-state index is 5.83. The molecule has 1 fully saturated rings. The van der Waals surface area contributed by atoms with Crippen molar-refractivity contribution in [2.45, 2.75) is 32.9 Å². The third-order valence-corrected chi connectivity index (χ3v) is 3.35. The Kier molecular flexibility index (Phi) is 4.61. The predicted molar refractivity (Wildman–Crippen MR) is 75.3 cm³/mol. The summed E-state index contributed by atoms with van der Waals surface area (Å²) in [5.74, 6) is 1.08. The lowest BCUT2D eigenvalue weighted by Crippen LogP contribution is -2.47. The van der Waals surface area contributed by atoms with Crippen molar-refractivity contribution in [1.82, 2.24) is 9.88 Å². The summed E-state index contributed by atoms with van der Waals surface area (Å²) in [7, 11) is 0. The summed E-state index contributed by atoms with van der Waals surface area (Å²) in [5, 5.41) is 0.